The molecular weight excluding hydrogens is 375 g/mol. The number of hydrogen-bond donors (Lipinski definition) is 1. The van der Waals surface area contributed by atoms with Crippen LogP contribution in [0.25, 0.3) is 0 Å². The average molecular weight is 382 g/mol. The molecule has 0 aliphatic carbocycles. The molecule has 2 aromatic carbocycles. The van der Waals surface area contributed by atoms with Gasteiger partial charge in [-0.1, -0.05) is 46.9 Å². The van der Waals surface area contributed by atoms with E-state index >= 15 is 0 Å². The summed E-state index contributed by atoms with van der Waals surface area (Å²) in [5.41, 5.74) is -0.583. The van der Waals surface area contributed by atoms with Crippen molar-refractivity contribution in [3.63, 3.8) is 0 Å². The van der Waals surface area contributed by atoms with E-state index in [1.165, 1.54) is 24.3 Å². The van der Waals surface area contributed by atoms with Gasteiger partial charge in [0.05, 0.1) is 25.7 Å². The Morgan fingerprint density at radius 2 is 1.59 bits per heavy atom. The monoisotopic (exact) mass is 380 g/mol. The van der Waals surface area contributed by atoms with Crippen molar-refractivity contribution < 1.29 is 13.3 Å². The van der Waals surface area contributed by atoms with Crippen LogP contribution in [-0.2, 0) is 10.0 Å². The van der Waals surface area contributed by atoms with E-state index in [2.05, 4.69) is 4.72 Å². The lowest BCUT2D eigenvalue weighted by molar-refractivity contribution is -0.387. The Balaban J connectivity index is 2.50. The summed E-state index contributed by atoms with van der Waals surface area (Å²) < 4.78 is 26.8. The summed E-state index contributed by atoms with van der Waals surface area (Å²) in [6, 6.07) is 7.43. The predicted molar refractivity (Wildman–Crippen MR) is 85.4 cm³/mol. The summed E-state index contributed by atoms with van der Waals surface area (Å²) >= 11 is 17.5. The van der Waals surface area contributed by atoms with Crippen molar-refractivity contribution >= 4 is 56.2 Å². The highest BCUT2D eigenvalue weighted by molar-refractivity contribution is 7.92. The van der Waals surface area contributed by atoms with Crippen LogP contribution in [0.1, 0.15) is 0 Å². The van der Waals surface area contributed by atoms with Crippen molar-refractivity contribution in [3.05, 3.63) is 61.6 Å². The van der Waals surface area contributed by atoms with Gasteiger partial charge in [0.15, 0.2) is 4.90 Å². The van der Waals surface area contributed by atoms with Gasteiger partial charge in [-0.05, 0) is 18.2 Å². The van der Waals surface area contributed by atoms with Gasteiger partial charge in [0.25, 0.3) is 15.7 Å². The minimum Gasteiger partial charge on any atom is -0.278 e. The van der Waals surface area contributed by atoms with Crippen LogP contribution in [0.4, 0.5) is 11.4 Å². The molecule has 0 unspecified atom stereocenters. The molecule has 0 bridgehead atoms. The van der Waals surface area contributed by atoms with Crippen LogP contribution >= 0.6 is 34.8 Å². The van der Waals surface area contributed by atoms with E-state index in [0.29, 0.717) is 0 Å². The third-order valence-electron chi connectivity index (χ3n) is 2.61. The maximum Gasteiger partial charge on any atom is 0.289 e. The first-order chi connectivity index (χ1) is 10.2. The van der Waals surface area contributed by atoms with Crippen LogP contribution in [-0.4, -0.2) is 13.3 Å². The maximum atomic E-state index is 12.3. The molecule has 2 rings (SSSR count). The third kappa shape index (κ3) is 3.44. The van der Waals surface area contributed by atoms with E-state index in [4.69, 9.17) is 34.8 Å². The number of nitro groups is 1. The molecule has 0 radical (unpaired) electrons. The normalized spacial score (nSPS) is 11.2. The molecule has 6 nitrogen and oxygen atoms in total. The summed E-state index contributed by atoms with van der Waals surface area (Å²) in [6.07, 6.45) is 0. The highest BCUT2D eigenvalue weighted by atomic mass is 35.5. The molecule has 2 aromatic rings. The molecule has 0 aliphatic heterocycles. The van der Waals surface area contributed by atoms with Crippen LogP contribution in [0.15, 0.2) is 41.3 Å². The zero-order valence-corrected chi connectivity index (χ0v) is 13.7. The van der Waals surface area contributed by atoms with Crippen LogP contribution in [0.5, 0.6) is 0 Å². The number of anilines is 1. The molecule has 0 fully saturated rings. The van der Waals surface area contributed by atoms with Crippen molar-refractivity contribution in [3.8, 4) is 0 Å². The molecule has 0 aromatic heterocycles. The van der Waals surface area contributed by atoms with Crippen molar-refractivity contribution in [2.45, 2.75) is 4.90 Å². The van der Waals surface area contributed by atoms with Crippen molar-refractivity contribution in [2.24, 2.45) is 0 Å². The van der Waals surface area contributed by atoms with E-state index in [-0.39, 0.29) is 20.8 Å². The molecule has 0 saturated carbocycles. The number of nitrogens with zero attached hydrogens (tertiary/aromatic N) is 1. The average Bonchev–Trinajstić information content (AvgIpc) is 2.44. The first kappa shape index (κ1) is 16.8. The lowest BCUT2D eigenvalue weighted by Crippen LogP contribution is -2.15. The van der Waals surface area contributed by atoms with Gasteiger partial charge in [0.2, 0.25) is 0 Å². The fourth-order valence-corrected chi connectivity index (χ4v) is 3.53. The SMILES string of the molecule is O=[N+]([O-])c1ccccc1S(=O)(=O)Nc1cc(Cl)c(Cl)cc1Cl. The number of para-hydroxylation sites is 1. The Hall–Kier alpha value is -1.54. The Labute approximate surface area is 140 Å². The first-order valence-corrected chi connectivity index (χ1v) is 8.25. The lowest BCUT2D eigenvalue weighted by Gasteiger charge is -2.11. The molecule has 22 heavy (non-hydrogen) atoms. The van der Waals surface area contributed by atoms with E-state index < -0.39 is 25.5 Å². The Morgan fingerprint density at radius 1 is 1.00 bits per heavy atom. The molecular formula is C12H7Cl3N2O4S. The minimum absolute atomic E-state index is 0.0107. The van der Waals surface area contributed by atoms with Crippen LogP contribution in [0.2, 0.25) is 15.1 Å². The molecule has 0 amide bonds. The van der Waals surface area contributed by atoms with Gasteiger partial charge in [-0.25, -0.2) is 8.42 Å². The van der Waals surface area contributed by atoms with Crippen LogP contribution < -0.4 is 4.72 Å². The molecule has 0 aliphatic rings. The van der Waals surface area contributed by atoms with E-state index in [9.17, 15) is 18.5 Å². The standard InChI is InChI=1S/C12H7Cl3N2O4S/c13-7-5-9(15)10(6-8(7)14)16-22(20,21)12-4-2-1-3-11(12)17(18)19/h1-6,16H. The van der Waals surface area contributed by atoms with Crippen molar-refractivity contribution in [1.29, 1.82) is 0 Å². The quantitative estimate of drug-likeness (QED) is 0.484. The Bertz CT molecular complexity index is 855. The summed E-state index contributed by atoms with van der Waals surface area (Å²) in [5.74, 6) is 0. The lowest BCUT2D eigenvalue weighted by atomic mass is 10.3. The zero-order chi connectivity index (χ0) is 16.5. The summed E-state index contributed by atoms with van der Waals surface area (Å²) in [5, 5.41) is 11.2. The fourth-order valence-electron chi connectivity index (χ4n) is 1.64. The molecule has 116 valence electrons. The summed E-state index contributed by atoms with van der Waals surface area (Å²) in [7, 11) is -4.22. The number of nitrogens with one attached hydrogen (secondary N) is 1. The molecule has 10 heteroatoms. The fraction of sp³-hybridized carbons (Fsp3) is 0. The van der Waals surface area contributed by atoms with E-state index in [1.807, 2.05) is 0 Å². The molecule has 0 saturated heterocycles. The minimum atomic E-state index is -4.22. The number of sulfonamides is 1. The second-order valence-corrected chi connectivity index (χ2v) is 6.95. The van der Waals surface area contributed by atoms with Gasteiger partial charge < -0.3 is 0 Å². The molecule has 0 atom stereocenters. The zero-order valence-electron chi connectivity index (χ0n) is 10.6. The Kier molecular flexibility index (Phi) is 4.81. The van der Waals surface area contributed by atoms with E-state index in [0.717, 1.165) is 12.1 Å². The van der Waals surface area contributed by atoms with Crippen molar-refractivity contribution in [1.82, 2.24) is 0 Å². The Morgan fingerprint density at radius 3 is 2.23 bits per heavy atom. The molecule has 0 spiro atoms. The third-order valence-corrected chi connectivity index (χ3v) is 5.05. The number of hydrogen-bond acceptors (Lipinski definition) is 4. The second-order valence-electron chi connectivity index (χ2n) is 4.08. The number of rotatable bonds is 4. The molecule has 1 N–H and O–H groups in total. The van der Waals surface area contributed by atoms with Crippen LogP contribution in [0, 0.1) is 10.1 Å². The number of benzene rings is 2. The van der Waals surface area contributed by atoms with Gasteiger partial charge in [-0.3, -0.25) is 14.8 Å². The van der Waals surface area contributed by atoms with Gasteiger partial charge >= 0.3 is 0 Å². The van der Waals surface area contributed by atoms with E-state index in [1.54, 1.807) is 0 Å². The molecule has 0 heterocycles. The van der Waals surface area contributed by atoms with Crippen LogP contribution in [0.3, 0.4) is 0 Å². The first-order valence-electron chi connectivity index (χ1n) is 5.63. The summed E-state index contributed by atoms with van der Waals surface area (Å²) in [6.45, 7) is 0. The van der Waals surface area contributed by atoms with Gasteiger partial charge in [-0.2, -0.15) is 0 Å². The summed E-state index contributed by atoms with van der Waals surface area (Å²) in [4.78, 5) is 9.66. The van der Waals surface area contributed by atoms with Gasteiger partial charge in [-0.15, -0.1) is 0 Å². The second kappa shape index (κ2) is 6.29. The van der Waals surface area contributed by atoms with Gasteiger partial charge in [0.1, 0.15) is 0 Å². The maximum absolute atomic E-state index is 12.3. The number of halogens is 3. The predicted octanol–water partition coefficient (Wildman–Crippen LogP) is 4.36. The van der Waals surface area contributed by atoms with Gasteiger partial charge in [0, 0.05) is 6.07 Å². The highest BCUT2D eigenvalue weighted by Gasteiger charge is 2.26. The number of nitro benzene ring substituents is 1. The largest absolute Gasteiger partial charge is 0.289 e. The highest BCUT2D eigenvalue weighted by Crippen LogP contribution is 2.34. The van der Waals surface area contributed by atoms with Crippen molar-refractivity contribution in [2.75, 3.05) is 4.72 Å². The topological polar surface area (TPSA) is 89.3 Å². The smallest absolute Gasteiger partial charge is 0.278 e.